The van der Waals surface area contributed by atoms with Crippen molar-refractivity contribution >= 4 is 17.7 Å². The molecule has 0 amide bonds. The minimum Gasteiger partial charge on any atom is -0.344 e. The van der Waals surface area contributed by atoms with E-state index in [0.717, 1.165) is 30.4 Å². The summed E-state index contributed by atoms with van der Waals surface area (Å²) < 4.78 is 0. The number of thioether (sulfide) groups is 1. The van der Waals surface area contributed by atoms with Crippen LogP contribution >= 0.6 is 11.8 Å². The summed E-state index contributed by atoms with van der Waals surface area (Å²) in [5.74, 6) is 2.90. The van der Waals surface area contributed by atoms with Crippen LogP contribution in [0.15, 0.2) is 6.20 Å². The molecular weight excluding hydrogens is 208 g/mol. The number of nitrogens with zero attached hydrogens (tertiary/aromatic N) is 3. The van der Waals surface area contributed by atoms with Gasteiger partial charge in [-0.05, 0) is 13.0 Å². The first-order valence-corrected chi connectivity index (χ1v) is 6.30. The summed E-state index contributed by atoms with van der Waals surface area (Å²) >= 11 is 1.90. The molecule has 1 aliphatic rings. The van der Waals surface area contributed by atoms with E-state index < -0.39 is 0 Å². The second kappa shape index (κ2) is 4.81. The Balaban J connectivity index is 2.08. The molecule has 1 aromatic rings. The summed E-state index contributed by atoms with van der Waals surface area (Å²) in [7, 11) is 2.01. The topological polar surface area (TPSA) is 55.0 Å². The molecule has 0 saturated heterocycles. The van der Waals surface area contributed by atoms with Crippen molar-refractivity contribution < 1.29 is 0 Å². The van der Waals surface area contributed by atoms with Gasteiger partial charge < -0.3 is 10.6 Å². The Labute approximate surface area is 94.3 Å². The van der Waals surface area contributed by atoms with E-state index in [1.807, 2.05) is 25.0 Å². The van der Waals surface area contributed by atoms with Gasteiger partial charge >= 0.3 is 0 Å². The number of hydrogen-bond acceptors (Lipinski definition) is 5. The number of rotatable bonds is 4. The Bertz CT molecular complexity index is 342. The van der Waals surface area contributed by atoms with Crippen LogP contribution < -0.4 is 10.6 Å². The van der Waals surface area contributed by atoms with E-state index in [4.69, 9.17) is 5.73 Å². The Hall–Kier alpha value is -0.810. The van der Waals surface area contributed by atoms with Crippen LogP contribution in [0.25, 0.3) is 0 Å². The van der Waals surface area contributed by atoms with E-state index in [1.54, 1.807) is 0 Å². The van der Waals surface area contributed by atoms with Crippen LogP contribution in [0.5, 0.6) is 0 Å². The molecule has 0 radical (unpaired) electrons. The second-order valence-electron chi connectivity index (χ2n) is 3.70. The van der Waals surface area contributed by atoms with Gasteiger partial charge in [-0.2, -0.15) is 11.8 Å². The monoisotopic (exact) mass is 224 g/mol. The fourth-order valence-corrected chi connectivity index (χ4v) is 2.55. The van der Waals surface area contributed by atoms with Gasteiger partial charge in [0.05, 0.1) is 5.69 Å². The summed E-state index contributed by atoms with van der Waals surface area (Å²) in [5.41, 5.74) is 7.96. The van der Waals surface area contributed by atoms with Crippen molar-refractivity contribution in [1.82, 2.24) is 9.97 Å². The van der Waals surface area contributed by atoms with E-state index in [2.05, 4.69) is 14.9 Å². The largest absolute Gasteiger partial charge is 0.344 e. The van der Waals surface area contributed by atoms with Crippen molar-refractivity contribution in [3.05, 3.63) is 17.5 Å². The zero-order valence-corrected chi connectivity index (χ0v) is 9.76. The lowest BCUT2D eigenvalue weighted by Crippen LogP contribution is -2.23. The van der Waals surface area contributed by atoms with Gasteiger partial charge in [-0.3, -0.25) is 0 Å². The maximum Gasteiger partial charge on any atom is 0.225 e. The molecule has 0 saturated carbocycles. The molecule has 82 valence electrons. The third-order valence-corrected chi connectivity index (χ3v) is 3.47. The molecule has 0 aromatic carbocycles. The Morgan fingerprint density at radius 1 is 1.53 bits per heavy atom. The van der Waals surface area contributed by atoms with E-state index >= 15 is 0 Å². The van der Waals surface area contributed by atoms with Crippen LogP contribution in [0.4, 0.5) is 5.95 Å². The van der Waals surface area contributed by atoms with Crippen molar-refractivity contribution in [2.24, 2.45) is 5.73 Å². The van der Waals surface area contributed by atoms with Crippen molar-refractivity contribution in [2.75, 3.05) is 25.0 Å². The van der Waals surface area contributed by atoms with Crippen LogP contribution in [0.3, 0.4) is 0 Å². The number of aromatic nitrogens is 2. The first kappa shape index (κ1) is 10.7. The summed E-state index contributed by atoms with van der Waals surface area (Å²) in [6, 6.07) is 0. The van der Waals surface area contributed by atoms with E-state index in [1.165, 1.54) is 11.3 Å². The molecule has 2 heterocycles. The van der Waals surface area contributed by atoms with Crippen molar-refractivity contribution in [3.8, 4) is 0 Å². The van der Waals surface area contributed by atoms with E-state index in [0.29, 0.717) is 6.54 Å². The molecule has 2 rings (SSSR count). The lowest BCUT2D eigenvalue weighted by Gasteiger charge is -2.16. The van der Waals surface area contributed by atoms with Crippen LogP contribution in [0.2, 0.25) is 0 Å². The van der Waals surface area contributed by atoms with Gasteiger partial charge in [0.25, 0.3) is 0 Å². The molecule has 5 heteroatoms. The van der Waals surface area contributed by atoms with Gasteiger partial charge in [0.15, 0.2) is 0 Å². The van der Waals surface area contributed by atoms with Crippen molar-refractivity contribution in [2.45, 2.75) is 17.9 Å². The van der Waals surface area contributed by atoms with Gasteiger partial charge in [0.2, 0.25) is 5.95 Å². The zero-order chi connectivity index (χ0) is 10.7. The van der Waals surface area contributed by atoms with E-state index in [-0.39, 0.29) is 0 Å². The molecule has 0 aliphatic carbocycles. The summed E-state index contributed by atoms with van der Waals surface area (Å²) in [4.78, 5) is 11.0. The Morgan fingerprint density at radius 3 is 3.20 bits per heavy atom. The van der Waals surface area contributed by atoms with Gasteiger partial charge in [0.1, 0.15) is 0 Å². The van der Waals surface area contributed by atoms with Gasteiger partial charge in [-0.1, -0.05) is 0 Å². The van der Waals surface area contributed by atoms with Crippen LogP contribution in [-0.2, 0) is 11.5 Å². The first-order valence-electron chi connectivity index (χ1n) is 5.15. The standard InChI is InChI=1S/C10H16N4S/c1-14(4-2-3-11)10-12-5-8-6-15-7-9(8)13-10/h5H,2-4,6-7,11H2,1H3. The predicted molar refractivity (Wildman–Crippen MR) is 64.0 cm³/mol. The Kier molecular flexibility index (Phi) is 3.43. The first-order chi connectivity index (χ1) is 7.31. The summed E-state index contributed by atoms with van der Waals surface area (Å²) in [6.45, 7) is 1.63. The molecule has 1 aliphatic heterocycles. The SMILES string of the molecule is CN(CCCN)c1ncc2c(n1)CSC2. The molecule has 0 fully saturated rings. The lowest BCUT2D eigenvalue weighted by atomic mass is 10.3. The molecule has 1 aromatic heterocycles. The third-order valence-electron chi connectivity index (χ3n) is 2.48. The lowest BCUT2D eigenvalue weighted by molar-refractivity contribution is 0.771. The fourth-order valence-electron chi connectivity index (χ4n) is 1.55. The predicted octanol–water partition coefficient (Wildman–Crippen LogP) is 1.01. The average Bonchev–Trinajstić information content (AvgIpc) is 2.72. The number of nitrogens with two attached hydrogens (primary N) is 1. The summed E-state index contributed by atoms with van der Waals surface area (Å²) in [6.07, 6.45) is 2.93. The normalized spacial score (nSPS) is 14.0. The fraction of sp³-hybridized carbons (Fsp3) is 0.600. The quantitative estimate of drug-likeness (QED) is 0.827. The van der Waals surface area contributed by atoms with Crippen molar-refractivity contribution in [3.63, 3.8) is 0 Å². The van der Waals surface area contributed by atoms with Gasteiger partial charge in [-0.25, -0.2) is 9.97 Å². The van der Waals surface area contributed by atoms with Crippen LogP contribution in [0.1, 0.15) is 17.7 Å². The second-order valence-corrected chi connectivity index (χ2v) is 4.68. The third kappa shape index (κ3) is 2.41. The smallest absolute Gasteiger partial charge is 0.225 e. The number of hydrogen-bond donors (Lipinski definition) is 1. The molecule has 15 heavy (non-hydrogen) atoms. The highest BCUT2D eigenvalue weighted by Crippen LogP contribution is 2.28. The highest BCUT2D eigenvalue weighted by atomic mass is 32.2. The van der Waals surface area contributed by atoms with Gasteiger partial charge in [0, 0.05) is 36.9 Å². The highest BCUT2D eigenvalue weighted by Gasteiger charge is 2.15. The Morgan fingerprint density at radius 2 is 2.40 bits per heavy atom. The van der Waals surface area contributed by atoms with Crippen molar-refractivity contribution in [1.29, 1.82) is 0 Å². The minimum atomic E-state index is 0.713. The van der Waals surface area contributed by atoms with Crippen LogP contribution in [-0.4, -0.2) is 30.1 Å². The van der Waals surface area contributed by atoms with Gasteiger partial charge in [-0.15, -0.1) is 0 Å². The van der Waals surface area contributed by atoms with E-state index in [9.17, 15) is 0 Å². The number of fused-ring (bicyclic) bond motifs is 1. The average molecular weight is 224 g/mol. The highest BCUT2D eigenvalue weighted by molar-refractivity contribution is 7.98. The zero-order valence-electron chi connectivity index (χ0n) is 8.94. The van der Waals surface area contributed by atoms with Crippen LogP contribution in [0, 0.1) is 0 Å². The molecule has 0 atom stereocenters. The maximum atomic E-state index is 5.47. The molecule has 4 nitrogen and oxygen atoms in total. The summed E-state index contributed by atoms with van der Waals surface area (Å²) in [5, 5.41) is 0. The maximum absolute atomic E-state index is 5.47. The molecule has 0 unspecified atom stereocenters. The molecular formula is C10H16N4S. The molecule has 0 bridgehead atoms. The number of anilines is 1. The minimum absolute atomic E-state index is 0.713. The molecule has 2 N–H and O–H groups in total. The molecule has 0 spiro atoms.